The molecule has 0 aliphatic carbocycles. The third kappa shape index (κ3) is 12.3. The average Bonchev–Trinajstić information content (AvgIpc) is 3.59. The van der Waals surface area contributed by atoms with Gasteiger partial charge in [0.05, 0.1) is 11.3 Å². The molecule has 0 radical (unpaired) electrons. The Labute approximate surface area is 316 Å². The van der Waals surface area contributed by atoms with Gasteiger partial charge in [0.2, 0.25) is 5.89 Å². The quantitative estimate of drug-likeness (QED) is 0.0847. The number of aromatic nitrogens is 2. The van der Waals surface area contributed by atoms with E-state index in [0.29, 0.717) is 70.2 Å². The molecule has 0 bridgehead atoms. The Hall–Kier alpha value is -4.54. The lowest BCUT2D eigenvalue weighted by Crippen LogP contribution is -2.31. The van der Waals surface area contributed by atoms with Gasteiger partial charge in [-0.15, -0.1) is 24.8 Å². The highest BCUT2D eigenvalue weighted by Gasteiger charge is 2.22. The fourth-order valence-electron chi connectivity index (χ4n) is 4.45. The molecule has 4 rings (SSSR count). The molecule has 0 aliphatic heterocycles. The number of anilines is 1. The van der Waals surface area contributed by atoms with Crippen LogP contribution in [0.4, 0.5) is 5.82 Å². The zero-order valence-corrected chi connectivity index (χ0v) is 30.4. The van der Waals surface area contributed by atoms with Crippen molar-refractivity contribution in [2.75, 3.05) is 32.0 Å². The Balaban J connectivity index is 0.00000451. The second-order valence-corrected chi connectivity index (χ2v) is 11.9. The van der Waals surface area contributed by atoms with E-state index in [9.17, 15) is 20.1 Å². The predicted octanol–water partition coefficient (Wildman–Crippen LogP) is 5.83. The summed E-state index contributed by atoms with van der Waals surface area (Å²) in [5.74, 6) is 0.158. The van der Waals surface area contributed by atoms with Crippen LogP contribution in [0.15, 0.2) is 64.2 Å². The minimum atomic E-state index is -0.867. The number of carbonyl (C=O) groups is 2. The van der Waals surface area contributed by atoms with E-state index in [4.69, 9.17) is 47.4 Å². The van der Waals surface area contributed by atoms with Crippen LogP contribution in [0, 0.1) is 22.7 Å². The van der Waals surface area contributed by atoms with E-state index in [1.807, 2.05) is 0 Å². The maximum Gasteiger partial charge on any atom is 0.306 e. The lowest BCUT2D eigenvalue weighted by Gasteiger charge is -2.19. The van der Waals surface area contributed by atoms with E-state index in [1.165, 1.54) is 18.0 Å². The molecule has 2 aromatic carbocycles. The number of oxazole rings is 1. The van der Waals surface area contributed by atoms with E-state index in [0.717, 1.165) is 5.56 Å². The summed E-state index contributed by atoms with van der Waals surface area (Å²) in [6.45, 7) is 0.379. The van der Waals surface area contributed by atoms with Crippen LogP contribution in [0.2, 0.25) is 5.02 Å². The van der Waals surface area contributed by atoms with Crippen molar-refractivity contribution in [3.63, 3.8) is 0 Å². The van der Waals surface area contributed by atoms with Gasteiger partial charge >= 0.3 is 11.9 Å². The number of carbonyl (C=O) groups excluding carboxylic acids is 2. The summed E-state index contributed by atoms with van der Waals surface area (Å²) < 4.78 is 22.2. The number of halogens is 3. The Kier molecular flexibility index (Phi) is 18.1. The standard InChI is InChI=1S/C34H34ClN7O6S.2ClH/c35-23-9-5-22(6-10-23)33-41-24(17-47-33)20-49-34-28(16-39)31(27(15-38)32(40)42-34)21-7-11-25(12-8-21)45-18-26(48-30(44)4-2-14-37)19-46-29(43)3-1-13-36;;/h5-12,17,26H,1-4,13-14,18-20,36-37H2,(H2,40,42);2*1H/t26-;;/m1../s1. The molecule has 0 saturated heterocycles. The van der Waals surface area contributed by atoms with Crippen LogP contribution < -0.4 is 21.9 Å². The molecular formula is C34H36Cl3N7O6S. The van der Waals surface area contributed by atoms with Gasteiger partial charge in [-0.05, 0) is 67.9 Å². The van der Waals surface area contributed by atoms with Crippen molar-refractivity contribution in [1.82, 2.24) is 9.97 Å². The number of ether oxygens (including phenoxy) is 3. The molecular weight excluding hydrogens is 741 g/mol. The number of pyridine rings is 1. The highest BCUT2D eigenvalue weighted by atomic mass is 35.5. The smallest absolute Gasteiger partial charge is 0.306 e. The van der Waals surface area contributed by atoms with Crippen LogP contribution >= 0.6 is 48.2 Å². The molecule has 2 heterocycles. The third-order valence-corrected chi connectivity index (χ3v) is 8.15. The summed E-state index contributed by atoms with van der Waals surface area (Å²) >= 11 is 7.21. The van der Waals surface area contributed by atoms with Gasteiger partial charge in [0.15, 0.2) is 6.10 Å². The lowest BCUT2D eigenvalue weighted by molar-refractivity contribution is -0.161. The number of thioether (sulfide) groups is 1. The molecule has 0 amide bonds. The molecule has 2 aromatic heterocycles. The maximum absolute atomic E-state index is 12.2. The van der Waals surface area contributed by atoms with Gasteiger partial charge in [0.1, 0.15) is 53.8 Å². The lowest BCUT2D eigenvalue weighted by atomic mass is 9.97. The van der Waals surface area contributed by atoms with Crippen molar-refractivity contribution in [2.24, 2.45) is 11.5 Å². The van der Waals surface area contributed by atoms with Crippen LogP contribution in [0.1, 0.15) is 42.5 Å². The molecule has 51 heavy (non-hydrogen) atoms. The van der Waals surface area contributed by atoms with Gasteiger partial charge in [0.25, 0.3) is 0 Å². The highest BCUT2D eigenvalue weighted by Crippen LogP contribution is 2.37. The first kappa shape index (κ1) is 42.6. The molecule has 13 nitrogen and oxygen atoms in total. The first-order chi connectivity index (χ1) is 23.8. The van der Waals surface area contributed by atoms with Crippen LogP contribution in [-0.2, 0) is 24.8 Å². The van der Waals surface area contributed by atoms with Gasteiger partial charge in [-0.3, -0.25) is 9.59 Å². The van der Waals surface area contributed by atoms with Gasteiger partial charge in [-0.1, -0.05) is 35.5 Å². The third-order valence-electron chi connectivity index (χ3n) is 6.89. The second kappa shape index (κ2) is 21.6. The van der Waals surface area contributed by atoms with E-state index in [1.54, 1.807) is 48.5 Å². The average molecular weight is 777 g/mol. The van der Waals surface area contributed by atoms with Crippen molar-refractivity contribution in [3.8, 4) is 40.5 Å². The first-order valence-corrected chi connectivity index (χ1v) is 16.6. The Bertz CT molecular complexity index is 1830. The zero-order chi connectivity index (χ0) is 35.2. The maximum atomic E-state index is 12.2. The number of nitrogens with zero attached hydrogens (tertiary/aromatic N) is 4. The summed E-state index contributed by atoms with van der Waals surface area (Å²) in [4.78, 5) is 33.1. The topological polar surface area (TPSA) is 226 Å². The predicted molar refractivity (Wildman–Crippen MR) is 197 cm³/mol. The molecule has 0 spiro atoms. The summed E-state index contributed by atoms with van der Waals surface area (Å²) in [6.07, 6.45) is 1.84. The molecule has 0 unspecified atom stereocenters. The molecule has 0 saturated carbocycles. The van der Waals surface area contributed by atoms with E-state index in [-0.39, 0.29) is 67.8 Å². The summed E-state index contributed by atoms with van der Waals surface area (Å²) in [7, 11) is 0. The number of hydrogen-bond donors (Lipinski definition) is 3. The number of esters is 2. The van der Waals surface area contributed by atoms with Crippen LogP contribution in [0.25, 0.3) is 22.6 Å². The Morgan fingerprint density at radius 3 is 2.14 bits per heavy atom. The number of rotatable bonds is 17. The largest absolute Gasteiger partial charge is 0.490 e. The Morgan fingerprint density at radius 2 is 1.51 bits per heavy atom. The van der Waals surface area contributed by atoms with Gasteiger partial charge < -0.3 is 35.8 Å². The SMILES string of the molecule is Cl.Cl.N#Cc1c(N)nc(SCc2coc(-c3ccc(Cl)cc3)n2)c(C#N)c1-c1ccc(OC[C@H](COC(=O)CCCN)OC(=O)CCCN)cc1. The van der Waals surface area contributed by atoms with E-state index < -0.39 is 18.0 Å². The van der Waals surface area contributed by atoms with E-state index in [2.05, 4.69) is 22.1 Å². The molecule has 0 fully saturated rings. The fourth-order valence-corrected chi connectivity index (χ4v) is 5.45. The number of nitriles is 2. The summed E-state index contributed by atoms with van der Waals surface area (Å²) in [5.41, 5.74) is 19.6. The van der Waals surface area contributed by atoms with Crippen molar-refractivity contribution in [3.05, 3.63) is 76.6 Å². The monoisotopic (exact) mass is 775 g/mol. The molecule has 4 aromatic rings. The van der Waals surface area contributed by atoms with Crippen molar-refractivity contribution >= 4 is 65.9 Å². The fraction of sp³-hybridized carbons (Fsp3) is 0.294. The number of nitrogen functional groups attached to an aromatic ring is 1. The highest BCUT2D eigenvalue weighted by molar-refractivity contribution is 7.98. The van der Waals surface area contributed by atoms with Crippen LogP contribution in [-0.4, -0.2) is 54.3 Å². The number of nitrogens with two attached hydrogens (primary N) is 3. The van der Waals surface area contributed by atoms with Crippen molar-refractivity contribution in [1.29, 1.82) is 10.5 Å². The van der Waals surface area contributed by atoms with E-state index >= 15 is 0 Å². The van der Waals surface area contributed by atoms with Crippen LogP contribution in [0.3, 0.4) is 0 Å². The minimum absolute atomic E-state index is 0. The number of benzene rings is 2. The first-order valence-electron chi connectivity index (χ1n) is 15.2. The van der Waals surface area contributed by atoms with Crippen LogP contribution in [0.5, 0.6) is 5.75 Å². The normalized spacial score (nSPS) is 10.8. The minimum Gasteiger partial charge on any atom is -0.490 e. The zero-order valence-electron chi connectivity index (χ0n) is 27.2. The molecule has 270 valence electrons. The molecule has 17 heteroatoms. The summed E-state index contributed by atoms with van der Waals surface area (Å²) in [6, 6.07) is 17.9. The second-order valence-electron chi connectivity index (χ2n) is 10.5. The van der Waals surface area contributed by atoms with Gasteiger partial charge in [0, 0.05) is 34.7 Å². The molecule has 0 aliphatic rings. The summed E-state index contributed by atoms with van der Waals surface area (Å²) in [5, 5.41) is 21.1. The number of hydrogen-bond acceptors (Lipinski definition) is 14. The van der Waals surface area contributed by atoms with Gasteiger partial charge in [-0.25, -0.2) is 9.97 Å². The van der Waals surface area contributed by atoms with Crippen molar-refractivity contribution in [2.45, 2.75) is 42.6 Å². The molecule has 1 atom stereocenters. The van der Waals surface area contributed by atoms with Crippen molar-refractivity contribution < 1.29 is 28.2 Å². The van der Waals surface area contributed by atoms with Gasteiger partial charge in [-0.2, -0.15) is 10.5 Å². The molecule has 6 N–H and O–H groups in total. The Morgan fingerprint density at radius 1 is 0.882 bits per heavy atom.